The van der Waals surface area contributed by atoms with E-state index in [1.807, 2.05) is 0 Å². The SMILES string of the molecule is CC(=O)N[C@H]1[C@H](O[C@H]2[C@@H](O)[C@@H](CO[C@@H]3O[C@H](CO)[C@@H](O[C@@H]4O[C@H](CO)[C@H](O)[C@H](OC5O[C@H](CO)[C@@H](O[C@@H]6O[C@H](CO)[C@H](O)[C@H](O[C@@H]7O[C@H](CO)[C@@H](O)[C@H](O[C@@H]8O[C@H](CO)[C@H](O)[C@H](O)[C@H]8O)[C@H]7NC(C)=O)[C@H]6O)[C@H](O)[C@H]5NC(C)=O)[C@H]4O)[C@H](O)[C@H]3NC(C)=O)O[C@@H](O[C@H]3[C@H](O)[C@@H](O)C(O)O[C@@H]3CO)[C@@H]2O)O[C@H](CO)[C@@H](O[C@@H]2O[C@H](CO[C@]3(C(=O)O)C[C@H](O)[C@@H](NC(C)=O)[C@H]([C@H](O)[C@H](O)CO)O3)[C@H](O)[C@H](O)[C@H]2O)[C@@H]1O. The number of amides is 5. The van der Waals surface area contributed by atoms with E-state index in [-0.39, 0.29) is 0 Å². The molecule has 0 spiro atoms. The van der Waals surface area contributed by atoms with Gasteiger partial charge in [0, 0.05) is 41.0 Å². The molecule has 826 valence electrons. The molecule has 0 aliphatic carbocycles. The van der Waals surface area contributed by atoms with Crippen LogP contribution in [0.3, 0.4) is 0 Å². The molecule has 11 heterocycles. The molecule has 11 aliphatic heterocycles. The van der Waals surface area contributed by atoms with Gasteiger partial charge in [-0.1, -0.05) is 0 Å². The van der Waals surface area contributed by atoms with Crippen LogP contribution in [0.2, 0.25) is 0 Å². The summed E-state index contributed by atoms with van der Waals surface area (Å²) in [6.07, 6.45) is -108. The Balaban J connectivity index is 0.796. The van der Waals surface area contributed by atoms with Gasteiger partial charge in [-0.05, 0) is 0 Å². The fraction of sp³-hybridized carbons (Fsp3) is 0.924. The maximum atomic E-state index is 13.2. The molecule has 0 radical (unpaired) electrons. The van der Waals surface area contributed by atoms with Crippen LogP contribution < -0.4 is 26.6 Å². The summed E-state index contributed by atoms with van der Waals surface area (Å²) in [4.78, 5) is 77.5. The van der Waals surface area contributed by atoms with E-state index in [0.29, 0.717) is 0 Å². The number of aliphatic carboxylic acids is 1. The van der Waals surface area contributed by atoms with Crippen LogP contribution in [0.1, 0.15) is 41.0 Å². The average molecular weight is 2090 g/mol. The molecule has 64 nitrogen and oxygen atoms in total. The molecule has 0 aromatic rings. The second-order valence-electron chi connectivity index (χ2n) is 36.0. The Morgan fingerprint density at radius 2 is 0.566 bits per heavy atom. The Kier molecular flexibility index (Phi) is 42.3. The molecular formula is C79H131N5O59. The van der Waals surface area contributed by atoms with E-state index in [1.165, 1.54) is 0 Å². The standard InChI is InChI=1S/C79H131N5O59/c1-18(94)80-35-23(99)6-79(78(121)122,143-64(35)40(101)24(100)7-85)124-17-34-42(103)51(112)55(116)74(134-34)135-60-31(14-92)131-71(37(48(60)109)82-20(3)96)141-67-46(107)33(133-77(58(67)119)138-62-29(12-90)125-68(120)53(114)52(62)113)16-123-69-36(81-19(2)95)47(108)59(30(13-91)130-69)136-75-56(117)65(44(105)27(10-88)128-75)140-70-38(83-21(4)97)49(110)61(32(15-93)132-70)137-76-57(118)66(45(106)28(11-89)129-76)142-72-39(84-22(5)98)63(43(104)26(9-87)126-72)139-73-54(115)50(111)41(102)25(8-86)127-73/h23-77,85-93,99-120H,6-17H2,1-5H3,(H,80,94)(H,81,95)(H,82,96)(H,83,97)(H,84,98)(H,121,122)/t23-,24+,25+,26+,27+,28+,29+,30+,31+,32+,33+,34+,35+,36+,37+,38+,39+,40+,41-,42-,43+,44-,45-,46-,47+,48+,49+,50-,51-,52+,53+,54+,55+,56+,57+,58+,59+,60+,61+,62+,63+,64+,65-,66-,67-,68?,69+,70?,71-,72-,73-,74-,75-,76-,77-,79+/m0/s1. The maximum absolute atomic E-state index is 13.2. The van der Waals surface area contributed by atoms with Gasteiger partial charge >= 0.3 is 5.97 Å². The van der Waals surface area contributed by atoms with Crippen molar-refractivity contribution < 1.29 is 292 Å². The highest BCUT2D eigenvalue weighted by Gasteiger charge is 2.64. The number of carbonyl (C=O) groups is 6. The first kappa shape index (κ1) is 118. The summed E-state index contributed by atoms with van der Waals surface area (Å²) in [6, 6.07) is -9.60. The molecule has 2 unspecified atom stereocenters. The largest absolute Gasteiger partial charge is 0.477 e. The highest BCUT2D eigenvalue weighted by molar-refractivity contribution is 5.77. The number of hydrogen-bond acceptors (Lipinski definition) is 58. The van der Waals surface area contributed by atoms with Crippen molar-refractivity contribution in [3.05, 3.63) is 0 Å². The van der Waals surface area contributed by atoms with Crippen molar-refractivity contribution in [2.24, 2.45) is 0 Å². The van der Waals surface area contributed by atoms with Crippen LogP contribution in [0.15, 0.2) is 0 Å². The number of carboxylic acid groups (broad SMARTS) is 1. The molecule has 0 bridgehead atoms. The highest BCUT2D eigenvalue weighted by Crippen LogP contribution is 2.43. The minimum atomic E-state index is -3.10. The molecule has 143 heavy (non-hydrogen) atoms. The third kappa shape index (κ3) is 26.2. The molecule has 11 saturated heterocycles. The van der Waals surface area contributed by atoms with Gasteiger partial charge < -0.3 is 289 Å². The second kappa shape index (κ2) is 51.2. The number of aliphatic hydroxyl groups is 31. The summed E-state index contributed by atoms with van der Waals surface area (Å²) < 4.78 is 123. The highest BCUT2D eigenvalue weighted by atomic mass is 16.8. The topological polar surface area (TPSA) is 1000 Å². The normalized spacial score (nSPS) is 47.8. The number of carboxylic acids is 1. The Labute approximate surface area is 808 Å². The van der Waals surface area contributed by atoms with E-state index in [9.17, 15) is 192 Å². The zero-order valence-corrected chi connectivity index (χ0v) is 76.6. The number of carbonyl (C=O) groups excluding carboxylic acids is 5. The summed E-state index contributed by atoms with van der Waals surface area (Å²) in [7, 11) is 0. The van der Waals surface area contributed by atoms with Crippen molar-refractivity contribution in [3.63, 3.8) is 0 Å². The molecule has 11 aliphatic rings. The van der Waals surface area contributed by atoms with E-state index in [1.54, 1.807) is 0 Å². The number of aliphatic hydroxyl groups excluding tert-OH is 31. The van der Waals surface area contributed by atoms with Gasteiger partial charge in [0.25, 0.3) is 5.79 Å². The van der Waals surface area contributed by atoms with E-state index in [2.05, 4.69) is 26.6 Å². The number of ether oxygens (including phenoxy) is 21. The quantitative estimate of drug-likeness (QED) is 0.0272. The first-order chi connectivity index (χ1) is 67.5. The van der Waals surface area contributed by atoms with Gasteiger partial charge in [-0.15, -0.1) is 0 Å². The van der Waals surface area contributed by atoms with Crippen LogP contribution in [0, 0.1) is 0 Å². The van der Waals surface area contributed by atoms with E-state index in [4.69, 9.17) is 99.5 Å². The van der Waals surface area contributed by atoms with Gasteiger partial charge in [0.15, 0.2) is 62.9 Å². The monoisotopic (exact) mass is 2090 g/mol. The average Bonchev–Trinajstić information content (AvgIpc) is 0.765. The molecule has 64 heteroatoms. The minimum Gasteiger partial charge on any atom is -0.477 e. The van der Waals surface area contributed by atoms with Gasteiger partial charge in [-0.2, -0.15) is 0 Å². The maximum Gasteiger partial charge on any atom is 0.364 e. The summed E-state index contributed by atoms with van der Waals surface area (Å²) in [5, 5.41) is 368. The molecule has 11 fully saturated rings. The summed E-state index contributed by atoms with van der Waals surface area (Å²) in [6.45, 7) is -8.19. The Bertz CT molecular complexity index is 4030. The van der Waals surface area contributed by atoms with E-state index in [0.717, 1.165) is 34.6 Å². The summed E-state index contributed by atoms with van der Waals surface area (Å²) in [5.41, 5.74) is 0. The smallest absolute Gasteiger partial charge is 0.364 e. The first-order valence-corrected chi connectivity index (χ1v) is 45.3. The Morgan fingerprint density at radius 1 is 0.287 bits per heavy atom. The van der Waals surface area contributed by atoms with Gasteiger partial charge in [0.1, 0.15) is 262 Å². The zero-order valence-electron chi connectivity index (χ0n) is 76.6. The molecular weight excluding hydrogens is 1960 g/mol. The number of nitrogens with one attached hydrogen (secondary N) is 5. The number of rotatable bonds is 39. The van der Waals surface area contributed by atoms with E-state index >= 15 is 0 Å². The van der Waals surface area contributed by atoms with Crippen molar-refractivity contribution in [1.82, 2.24) is 26.6 Å². The molecule has 37 N–H and O–H groups in total. The Hall–Kier alpha value is -5.26. The van der Waals surface area contributed by atoms with Gasteiger partial charge in [-0.3, -0.25) is 24.0 Å². The van der Waals surface area contributed by atoms with Crippen molar-refractivity contribution >= 4 is 35.5 Å². The fourth-order valence-corrected chi connectivity index (χ4v) is 18.4. The molecule has 0 aromatic heterocycles. The lowest BCUT2D eigenvalue weighted by atomic mass is 9.88. The number of hydrogen-bond donors (Lipinski definition) is 37. The molecule has 0 aromatic carbocycles. The minimum absolute atomic E-state index is 0.849. The predicted molar refractivity (Wildman–Crippen MR) is 438 cm³/mol. The van der Waals surface area contributed by atoms with Gasteiger partial charge in [-0.25, -0.2) is 4.79 Å². The Morgan fingerprint density at radius 3 is 0.944 bits per heavy atom. The van der Waals surface area contributed by atoms with Crippen LogP contribution in [-0.2, 0) is 128 Å². The van der Waals surface area contributed by atoms with Crippen LogP contribution in [-0.4, -0.2) is 615 Å². The van der Waals surface area contributed by atoms with E-state index < -0.39 is 458 Å². The van der Waals surface area contributed by atoms with Crippen molar-refractivity contribution in [2.75, 3.05) is 72.7 Å². The van der Waals surface area contributed by atoms with Crippen LogP contribution in [0.4, 0.5) is 0 Å². The lowest BCUT2D eigenvalue weighted by molar-refractivity contribution is -0.388. The summed E-state index contributed by atoms with van der Waals surface area (Å²) in [5.74, 6) is -9.95. The molecule has 0 saturated carbocycles. The first-order valence-electron chi connectivity index (χ1n) is 45.3. The third-order valence-corrected chi connectivity index (χ3v) is 26.0. The molecule has 11 rings (SSSR count). The molecule has 56 atom stereocenters. The lowest BCUT2D eigenvalue weighted by Crippen LogP contribution is -2.71. The van der Waals surface area contributed by atoms with Crippen molar-refractivity contribution in [2.45, 2.75) is 384 Å². The van der Waals surface area contributed by atoms with Crippen LogP contribution in [0.25, 0.3) is 0 Å². The van der Waals surface area contributed by atoms with Crippen molar-refractivity contribution in [3.8, 4) is 0 Å². The lowest BCUT2D eigenvalue weighted by Gasteiger charge is -2.51. The van der Waals surface area contributed by atoms with Crippen LogP contribution in [0.5, 0.6) is 0 Å². The van der Waals surface area contributed by atoms with Crippen molar-refractivity contribution in [1.29, 1.82) is 0 Å². The summed E-state index contributed by atoms with van der Waals surface area (Å²) >= 11 is 0. The van der Waals surface area contributed by atoms with Gasteiger partial charge in [0.2, 0.25) is 29.5 Å². The van der Waals surface area contributed by atoms with Crippen LogP contribution >= 0.6 is 0 Å². The molecule has 5 amide bonds. The third-order valence-electron chi connectivity index (χ3n) is 26.0. The predicted octanol–water partition coefficient (Wildman–Crippen LogP) is -25.1. The zero-order chi connectivity index (χ0) is 106. The fourth-order valence-electron chi connectivity index (χ4n) is 18.4. The second-order valence-corrected chi connectivity index (χ2v) is 36.0. The van der Waals surface area contributed by atoms with Gasteiger partial charge in [0.05, 0.1) is 84.8 Å².